The molecule has 2 aliphatic heterocycles. The highest BCUT2D eigenvalue weighted by molar-refractivity contribution is 5.82. The predicted octanol–water partition coefficient (Wildman–Crippen LogP) is 3.83. The normalized spacial score (nSPS) is 19.6. The van der Waals surface area contributed by atoms with Crippen LogP contribution >= 0.6 is 0 Å². The maximum absolute atomic E-state index is 12.6. The van der Waals surface area contributed by atoms with Crippen LogP contribution in [0.2, 0.25) is 0 Å². The van der Waals surface area contributed by atoms with E-state index in [-0.39, 0.29) is 18.2 Å². The van der Waals surface area contributed by atoms with Crippen molar-refractivity contribution in [3.8, 4) is 11.8 Å². The molecule has 2 saturated heterocycles. The first-order valence-corrected chi connectivity index (χ1v) is 14.0. The Balaban J connectivity index is 1.42. The second kappa shape index (κ2) is 11.2. The number of carbonyl (C=O) groups excluding carboxylic acids is 1. The van der Waals surface area contributed by atoms with Crippen molar-refractivity contribution in [2.75, 3.05) is 44.8 Å². The molecule has 0 aliphatic carbocycles. The number of carbonyl (C=O) groups is 1. The Labute approximate surface area is 235 Å². The summed E-state index contributed by atoms with van der Waals surface area (Å²) in [4.78, 5) is 25.6. The van der Waals surface area contributed by atoms with Crippen LogP contribution in [0.1, 0.15) is 57.6 Å². The van der Waals surface area contributed by atoms with E-state index in [2.05, 4.69) is 39.0 Å². The molecule has 1 N–H and O–H groups in total. The monoisotopic (exact) mass is 552 g/mol. The van der Waals surface area contributed by atoms with Gasteiger partial charge in [0.05, 0.1) is 31.5 Å². The fraction of sp³-hybridized carbons (Fsp3) is 0.586. The van der Waals surface area contributed by atoms with E-state index in [9.17, 15) is 9.90 Å². The Morgan fingerprint density at radius 3 is 2.52 bits per heavy atom. The van der Waals surface area contributed by atoms with E-state index in [4.69, 9.17) is 14.2 Å². The predicted molar refractivity (Wildman–Crippen MR) is 151 cm³/mol. The van der Waals surface area contributed by atoms with Crippen molar-refractivity contribution in [1.82, 2.24) is 24.6 Å². The zero-order valence-electron chi connectivity index (χ0n) is 24.3. The van der Waals surface area contributed by atoms with E-state index in [1.165, 1.54) is 11.1 Å². The molecule has 1 aromatic carbocycles. The van der Waals surface area contributed by atoms with Gasteiger partial charge in [-0.05, 0) is 76.6 Å². The summed E-state index contributed by atoms with van der Waals surface area (Å²) in [6.45, 7) is 12.5. The fourth-order valence-electron chi connectivity index (χ4n) is 5.46. The number of fused-ring (bicyclic) bond motifs is 1. The van der Waals surface area contributed by atoms with Gasteiger partial charge in [-0.15, -0.1) is 0 Å². The number of ether oxygens (including phenoxy) is 3. The van der Waals surface area contributed by atoms with E-state index in [0.717, 1.165) is 23.7 Å². The third-order valence-electron chi connectivity index (χ3n) is 7.58. The number of piperidine rings is 1. The SMILES string of the molecule is COc1nc(N2CCOC(C(C)O)C2)cc(-n2ncc3cc(C)c(C4CCN(C(=O)OC(C)(C)C)CC4)cc32)n1. The number of hydrogen-bond donors (Lipinski definition) is 1. The van der Waals surface area contributed by atoms with E-state index in [1.54, 1.807) is 14.0 Å². The molecular formula is C29H40N6O5. The van der Waals surface area contributed by atoms with Crippen molar-refractivity contribution < 1.29 is 24.1 Å². The molecule has 216 valence electrons. The lowest BCUT2D eigenvalue weighted by molar-refractivity contribution is -0.0366. The fourth-order valence-corrected chi connectivity index (χ4v) is 5.46. The summed E-state index contributed by atoms with van der Waals surface area (Å²) in [5.74, 6) is 1.63. The first kappa shape index (κ1) is 28.1. The summed E-state index contributed by atoms with van der Waals surface area (Å²) in [5.41, 5.74) is 2.91. The smallest absolute Gasteiger partial charge is 0.410 e. The number of nitrogens with zero attached hydrogens (tertiary/aromatic N) is 6. The average molecular weight is 553 g/mol. The summed E-state index contributed by atoms with van der Waals surface area (Å²) < 4.78 is 18.6. The van der Waals surface area contributed by atoms with Crippen molar-refractivity contribution in [2.45, 2.75) is 71.2 Å². The first-order chi connectivity index (χ1) is 19.0. The van der Waals surface area contributed by atoms with Gasteiger partial charge < -0.3 is 29.1 Å². The lowest BCUT2D eigenvalue weighted by atomic mass is 9.86. The second-order valence-electron chi connectivity index (χ2n) is 11.7. The molecule has 4 heterocycles. The summed E-state index contributed by atoms with van der Waals surface area (Å²) in [7, 11) is 1.55. The second-order valence-corrected chi connectivity index (χ2v) is 11.7. The van der Waals surface area contributed by atoms with E-state index >= 15 is 0 Å². The third kappa shape index (κ3) is 6.00. The van der Waals surface area contributed by atoms with Crippen molar-refractivity contribution >= 4 is 22.8 Å². The molecule has 2 aliphatic rings. The first-order valence-electron chi connectivity index (χ1n) is 14.0. The number of aliphatic hydroxyl groups excluding tert-OH is 1. The molecule has 0 spiro atoms. The Kier molecular flexibility index (Phi) is 7.87. The van der Waals surface area contributed by atoms with Crippen molar-refractivity contribution in [1.29, 1.82) is 0 Å². The van der Waals surface area contributed by atoms with Crippen LogP contribution in [0.5, 0.6) is 6.01 Å². The van der Waals surface area contributed by atoms with Crippen molar-refractivity contribution in [2.24, 2.45) is 0 Å². The number of methoxy groups -OCH3 is 1. The molecule has 40 heavy (non-hydrogen) atoms. The van der Waals surface area contributed by atoms with Gasteiger partial charge in [-0.2, -0.15) is 15.1 Å². The van der Waals surface area contributed by atoms with Crippen LogP contribution in [0.3, 0.4) is 0 Å². The molecule has 11 heteroatoms. The molecule has 0 saturated carbocycles. The lowest BCUT2D eigenvalue weighted by Gasteiger charge is -2.35. The number of aliphatic hydroxyl groups is 1. The minimum Gasteiger partial charge on any atom is -0.467 e. The number of aryl methyl sites for hydroxylation is 1. The van der Waals surface area contributed by atoms with Gasteiger partial charge in [0, 0.05) is 37.6 Å². The summed E-state index contributed by atoms with van der Waals surface area (Å²) in [5, 5.41) is 15.8. The zero-order valence-corrected chi connectivity index (χ0v) is 24.3. The highest BCUT2D eigenvalue weighted by Gasteiger charge is 2.29. The molecule has 1 amide bonds. The topological polar surface area (TPSA) is 115 Å². The number of morpholine rings is 1. The molecule has 2 unspecified atom stereocenters. The van der Waals surface area contributed by atoms with Crippen LogP contribution in [0.25, 0.3) is 16.7 Å². The Bertz CT molecular complexity index is 1360. The molecule has 0 bridgehead atoms. The van der Waals surface area contributed by atoms with Crippen LogP contribution in [-0.2, 0) is 9.47 Å². The molecule has 2 atom stereocenters. The molecule has 11 nitrogen and oxygen atoms in total. The van der Waals surface area contributed by atoms with Crippen molar-refractivity contribution in [3.05, 3.63) is 35.5 Å². The van der Waals surface area contributed by atoms with Gasteiger partial charge in [-0.1, -0.05) is 0 Å². The van der Waals surface area contributed by atoms with Gasteiger partial charge in [0.1, 0.15) is 17.5 Å². The minimum atomic E-state index is -0.585. The van der Waals surface area contributed by atoms with Crippen LogP contribution in [0.4, 0.5) is 10.6 Å². The van der Waals surface area contributed by atoms with Gasteiger partial charge in [-0.25, -0.2) is 9.48 Å². The number of hydrogen-bond acceptors (Lipinski definition) is 9. The Morgan fingerprint density at radius 2 is 1.85 bits per heavy atom. The molecule has 3 aromatic rings. The maximum atomic E-state index is 12.6. The quantitative estimate of drug-likeness (QED) is 0.504. The molecule has 2 fully saturated rings. The van der Waals surface area contributed by atoms with Gasteiger partial charge in [-0.3, -0.25) is 0 Å². The van der Waals surface area contributed by atoms with E-state index in [1.807, 2.05) is 42.6 Å². The van der Waals surface area contributed by atoms with Crippen LogP contribution in [0.15, 0.2) is 24.4 Å². The molecule has 5 rings (SSSR count). The number of benzene rings is 1. The summed E-state index contributed by atoms with van der Waals surface area (Å²) in [6.07, 6.45) is 2.46. The summed E-state index contributed by atoms with van der Waals surface area (Å²) >= 11 is 0. The Hall–Kier alpha value is -3.44. The van der Waals surface area contributed by atoms with Gasteiger partial charge >= 0.3 is 12.1 Å². The lowest BCUT2D eigenvalue weighted by Crippen LogP contribution is -2.47. The number of amides is 1. The zero-order chi connectivity index (χ0) is 28.6. The van der Waals surface area contributed by atoms with Crippen molar-refractivity contribution in [3.63, 3.8) is 0 Å². The number of anilines is 1. The third-order valence-corrected chi connectivity index (χ3v) is 7.58. The Morgan fingerprint density at radius 1 is 1.12 bits per heavy atom. The van der Waals surface area contributed by atoms with Gasteiger partial charge in [0.25, 0.3) is 0 Å². The average Bonchev–Trinajstić information content (AvgIpc) is 3.34. The maximum Gasteiger partial charge on any atom is 0.410 e. The van der Waals surface area contributed by atoms with Crippen LogP contribution in [0, 0.1) is 6.92 Å². The molecule has 2 aromatic heterocycles. The molecular weight excluding hydrogens is 512 g/mol. The minimum absolute atomic E-state index is 0.246. The van der Waals surface area contributed by atoms with Crippen LogP contribution < -0.4 is 9.64 Å². The largest absolute Gasteiger partial charge is 0.467 e. The number of rotatable bonds is 5. The van der Waals surface area contributed by atoms with Gasteiger partial charge in [0.15, 0.2) is 5.82 Å². The number of aromatic nitrogens is 4. The summed E-state index contributed by atoms with van der Waals surface area (Å²) in [6, 6.07) is 6.53. The highest BCUT2D eigenvalue weighted by Crippen LogP contribution is 2.34. The van der Waals surface area contributed by atoms with E-state index < -0.39 is 11.7 Å². The van der Waals surface area contributed by atoms with Crippen LogP contribution in [-0.4, -0.2) is 93.6 Å². The standard InChI is InChI=1S/C29H40N6O5/c1-18-13-21-16-30-35(23(21)14-22(18)20-7-9-33(10-8-20)28(37)40-29(3,4)5)26-15-25(31-27(32-26)38-6)34-11-12-39-24(17-34)19(2)36/h13-16,19-20,24,36H,7-12,17H2,1-6H3. The highest BCUT2D eigenvalue weighted by atomic mass is 16.6. The van der Waals surface area contributed by atoms with Gasteiger partial charge in [0.2, 0.25) is 0 Å². The molecule has 0 radical (unpaired) electrons. The number of likely N-dealkylation sites (tertiary alicyclic amines) is 1. The van der Waals surface area contributed by atoms with E-state index in [0.29, 0.717) is 50.3 Å².